The molecule has 5 nitrogen and oxygen atoms in total. The predicted molar refractivity (Wildman–Crippen MR) is 66.3 cm³/mol. The second-order valence-corrected chi connectivity index (χ2v) is 4.10. The molecule has 0 saturated carbocycles. The zero-order valence-corrected chi connectivity index (χ0v) is 10.8. The van der Waals surface area contributed by atoms with Crippen LogP contribution in [0.3, 0.4) is 0 Å². The van der Waals surface area contributed by atoms with Gasteiger partial charge < -0.3 is 14.7 Å². The van der Waals surface area contributed by atoms with Gasteiger partial charge in [-0.1, -0.05) is 12.1 Å². The number of halogens is 1. The van der Waals surface area contributed by atoms with Gasteiger partial charge in [0.15, 0.2) is 11.6 Å². The second kappa shape index (κ2) is 6.72. The molecule has 0 aliphatic rings. The number of ether oxygens (including phenoxy) is 1. The van der Waals surface area contributed by atoms with Crippen molar-refractivity contribution in [2.24, 2.45) is 5.92 Å². The minimum Gasteiger partial charge on any atom is -0.489 e. The van der Waals surface area contributed by atoms with Gasteiger partial charge in [-0.25, -0.2) is 4.39 Å². The molecule has 19 heavy (non-hydrogen) atoms. The molecule has 1 N–H and O–H groups in total. The van der Waals surface area contributed by atoms with E-state index in [0.717, 1.165) is 0 Å². The molecule has 104 valence electrons. The Balaban J connectivity index is 2.43. The maximum Gasteiger partial charge on any atom is 0.315 e. The van der Waals surface area contributed by atoms with Gasteiger partial charge in [0.1, 0.15) is 12.5 Å². The highest BCUT2D eigenvalue weighted by molar-refractivity contribution is 5.96. The molecule has 0 fully saturated rings. The van der Waals surface area contributed by atoms with Crippen molar-refractivity contribution in [3.05, 3.63) is 30.1 Å². The number of hydrogen-bond acceptors (Lipinski definition) is 3. The Labute approximate surface area is 110 Å². The summed E-state index contributed by atoms with van der Waals surface area (Å²) in [6.45, 7) is 1.60. The van der Waals surface area contributed by atoms with Crippen molar-refractivity contribution >= 4 is 11.9 Å². The van der Waals surface area contributed by atoms with Gasteiger partial charge in [0.05, 0.1) is 6.54 Å². The van der Waals surface area contributed by atoms with Gasteiger partial charge in [-0.05, 0) is 19.1 Å². The number of aliphatic carboxylic acids is 1. The van der Waals surface area contributed by atoms with E-state index in [1.54, 1.807) is 12.1 Å². The summed E-state index contributed by atoms with van der Waals surface area (Å²) in [5.41, 5.74) is 0. The minimum atomic E-state index is -1.17. The Kier molecular flexibility index (Phi) is 5.29. The lowest BCUT2D eigenvalue weighted by Crippen LogP contribution is -2.37. The second-order valence-electron chi connectivity index (χ2n) is 4.10. The van der Waals surface area contributed by atoms with Crippen LogP contribution < -0.4 is 4.74 Å². The number of rotatable bonds is 6. The van der Waals surface area contributed by atoms with Gasteiger partial charge in [-0.15, -0.1) is 0 Å². The highest BCUT2D eigenvalue weighted by Crippen LogP contribution is 2.15. The van der Waals surface area contributed by atoms with Crippen molar-refractivity contribution < 1.29 is 23.8 Å². The standard InChI is InChI=1S/C13H16FNO4/c1-9(13(17)18)12(16)15(2)7-8-19-11-6-4-3-5-10(11)14/h3-6,9H,7-8H2,1-2H3,(H,17,18). The third kappa shape index (κ3) is 4.24. The Morgan fingerprint density at radius 1 is 1.42 bits per heavy atom. The highest BCUT2D eigenvalue weighted by Gasteiger charge is 2.23. The molecule has 1 atom stereocenters. The molecule has 0 bridgehead atoms. The average molecular weight is 269 g/mol. The Morgan fingerprint density at radius 2 is 2.05 bits per heavy atom. The number of amides is 1. The van der Waals surface area contributed by atoms with Crippen LogP contribution in [-0.4, -0.2) is 42.1 Å². The summed E-state index contributed by atoms with van der Waals surface area (Å²) in [5.74, 6) is -3.15. The normalized spacial score (nSPS) is 11.7. The van der Waals surface area contributed by atoms with Gasteiger partial charge in [0.25, 0.3) is 0 Å². The van der Waals surface area contributed by atoms with Crippen LogP contribution in [0.15, 0.2) is 24.3 Å². The van der Waals surface area contributed by atoms with E-state index in [4.69, 9.17) is 9.84 Å². The molecule has 1 aromatic rings. The zero-order chi connectivity index (χ0) is 14.4. The van der Waals surface area contributed by atoms with E-state index < -0.39 is 23.6 Å². The fraction of sp³-hybridized carbons (Fsp3) is 0.385. The van der Waals surface area contributed by atoms with Crippen molar-refractivity contribution in [2.75, 3.05) is 20.2 Å². The average Bonchev–Trinajstić information content (AvgIpc) is 2.38. The smallest absolute Gasteiger partial charge is 0.315 e. The number of carboxylic acid groups (broad SMARTS) is 1. The van der Waals surface area contributed by atoms with E-state index >= 15 is 0 Å². The van der Waals surface area contributed by atoms with Crippen LogP contribution in [0.4, 0.5) is 4.39 Å². The molecular formula is C13H16FNO4. The number of nitrogens with zero attached hydrogens (tertiary/aromatic N) is 1. The van der Waals surface area contributed by atoms with Crippen LogP contribution in [0.25, 0.3) is 0 Å². The van der Waals surface area contributed by atoms with E-state index in [-0.39, 0.29) is 18.9 Å². The van der Waals surface area contributed by atoms with E-state index in [1.165, 1.54) is 31.0 Å². The van der Waals surface area contributed by atoms with Crippen LogP contribution in [0, 0.1) is 11.7 Å². The molecule has 0 heterocycles. The number of benzene rings is 1. The number of likely N-dealkylation sites (N-methyl/N-ethyl adjacent to an activating group) is 1. The first-order valence-electron chi connectivity index (χ1n) is 5.78. The molecule has 1 rings (SSSR count). The third-order valence-corrected chi connectivity index (χ3v) is 2.64. The van der Waals surface area contributed by atoms with Crippen molar-refractivity contribution in [3.8, 4) is 5.75 Å². The summed E-state index contributed by atoms with van der Waals surface area (Å²) >= 11 is 0. The van der Waals surface area contributed by atoms with Crippen LogP contribution in [0.5, 0.6) is 5.75 Å². The van der Waals surface area contributed by atoms with Gasteiger partial charge in [0, 0.05) is 7.05 Å². The third-order valence-electron chi connectivity index (χ3n) is 2.64. The number of carbonyl (C=O) groups excluding carboxylic acids is 1. The predicted octanol–water partition coefficient (Wildman–Crippen LogP) is 1.38. The summed E-state index contributed by atoms with van der Waals surface area (Å²) in [4.78, 5) is 23.5. The first-order chi connectivity index (χ1) is 8.93. The molecule has 0 aliphatic carbocycles. The van der Waals surface area contributed by atoms with Crippen LogP contribution in [0.2, 0.25) is 0 Å². The lowest BCUT2D eigenvalue weighted by Gasteiger charge is -2.19. The molecule has 1 unspecified atom stereocenters. The van der Waals surface area contributed by atoms with Gasteiger partial charge in [-0.3, -0.25) is 9.59 Å². The first kappa shape index (κ1) is 14.9. The lowest BCUT2D eigenvalue weighted by atomic mass is 10.1. The van der Waals surface area contributed by atoms with Crippen molar-refractivity contribution in [1.29, 1.82) is 0 Å². The molecular weight excluding hydrogens is 253 g/mol. The number of para-hydroxylation sites is 1. The molecule has 6 heteroatoms. The van der Waals surface area contributed by atoms with E-state index in [0.29, 0.717) is 0 Å². The quantitative estimate of drug-likeness (QED) is 0.792. The molecule has 0 saturated heterocycles. The summed E-state index contributed by atoms with van der Waals surface area (Å²) in [6, 6.07) is 5.94. The molecule has 0 spiro atoms. The Hall–Kier alpha value is -2.11. The molecule has 0 aliphatic heterocycles. The minimum absolute atomic E-state index is 0.0928. The Morgan fingerprint density at radius 3 is 2.63 bits per heavy atom. The maximum atomic E-state index is 13.2. The SMILES string of the molecule is CC(C(=O)O)C(=O)N(C)CCOc1ccccc1F. The molecule has 1 amide bonds. The summed E-state index contributed by atoms with van der Waals surface area (Å²) in [6.07, 6.45) is 0. The maximum absolute atomic E-state index is 13.2. The molecule has 0 radical (unpaired) electrons. The largest absolute Gasteiger partial charge is 0.489 e. The number of carboxylic acids is 1. The fourth-order valence-electron chi connectivity index (χ4n) is 1.40. The molecule has 0 aromatic heterocycles. The monoisotopic (exact) mass is 269 g/mol. The molecule has 1 aromatic carbocycles. The van der Waals surface area contributed by atoms with E-state index in [2.05, 4.69) is 0 Å². The van der Waals surface area contributed by atoms with Crippen LogP contribution >= 0.6 is 0 Å². The van der Waals surface area contributed by atoms with Crippen LogP contribution in [0.1, 0.15) is 6.92 Å². The van der Waals surface area contributed by atoms with Crippen molar-refractivity contribution in [1.82, 2.24) is 4.90 Å². The lowest BCUT2D eigenvalue weighted by molar-refractivity contribution is -0.149. The number of carbonyl (C=O) groups is 2. The summed E-state index contributed by atoms with van der Waals surface area (Å²) < 4.78 is 18.4. The van der Waals surface area contributed by atoms with Crippen molar-refractivity contribution in [2.45, 2.75) is 6.92 Å². The van der Waals surface area contributed by atoms with E-state index in [9.17, 15) is 14.0 Å². The summed E-state index contributed by atoms with van der Waals surface area (Å²) in [7, 11) is 1.48. The number of hydrogen-bond donors (Lipinski definition) is 1. The van der Waals surface area contributed by atoms with Gasteiger partial charge >= 0.3 is 5.97 Å². The van der Waals surface area contributed by atoms with Gasteiger partial charge in [0.2, 0.25) is 5.91 Å². The van der Waals surface area contributed by atoms with Crippen molar-refractivity contribution in [3.63, 3.8) is 0 Å². The van der Waals surface area contributed by atoms with Gasteiger partial charge in [-0.2, -0.15) is 0 Å². The zero-order valence-electron chi connectivity index (χ0n) is 10.8. The van der Waals surface area contributed by atoms with E-state index in [1.807, 2.05) is 0 Å². The van der Waals surface area contributed by atoms with Crippen LogP contribution in [-0.2, 0) is 9.59 Å². The Bertz CT molecular complexity index is 464. The highest BCUT2D eigenvalue weighted by atomic mass is 19.1. The topological polar surface area (TPSA) is 66.8 Å². The first-order valence-corrected chi connectivity index (χ1v) is 5.78. The summed E-state index contributed by atoms with van der Waals surface area (Å²) in [5, 5.41) is 8.71. The fourth-order valence-corrected chi connectivity index (χ4v) is 1.40.